The van der Waals surface area contributed by atoms with Gasteiger partial charge in [-0.2, -0.15) is 13.2 Å². The summed E-state index contributed by atoms with van der Waals surface area (Å²) in [6.07, 6.45) is 0.292. The van der Waals surface area contributed by atoms with Gasteiger partial charge in [0.1, 0.15) is 5.60 Å². The Balaban J connectivity index is 3.90. The quantitative estimate of drug-likeness (QED) is 0.527. The highest BCUT2D eigenvalue weighted by atomic mass is 28.3. The van der Waals surface area contributed by atoms with Gasteiger partial charge in [0.15, 0.2) is 9.04 Å². The summed E-state index contributed by atoms with van der Waals surface area (Å²) in [6, 6.07) is 0.0780. The lowest BCUT2D eigenvalue weighted by Crippen LogP contribution is -2.30. The molecule has 0 N–H and O–H groups in total. The van der Waals surface area contributed by atoms with Crippen molar-refractivity contribution in [3.8, 4) is 12.3 Å². The van der Waals surface area contributed by atoms with Gasteiger partial charge >= 0.3 is 6.18 Å². The van der Waals surface area contributed by atoms with Crippen LogP contribution in [0.25, 0.3) is 0 Å². The van der Waals surface area contributed by atoms with E-state index in [9.17, 15) is 13.2 Å². The Kier molecular flexibility index (Phi) is 4.69. The summed E-state index contributed by atoms with van der Waals surface area (Å²) in [6.45, 7) is 5.10. The topological polar surface area (TPSA) is 9.23 Å². The molecular weight excluding hydrogens is 209 g/mol. The minimum absolute atomic E-state index is 0.0780. The molecule has 1 nitrogen and oxygen atoms in total. The molecule has 0 amide bonds. The van der Waals surface area contributed by atoms with Crippen molar-refractivity contribution < 1.29 is 17.6 Å². The van der Waals surface area contributed by atoms with Crippen LogP contribution in [-0.2, 0) is 4.43 Å². The first kappa shape index (κ1) is 13.5. The average Bonchev–Trinajstić information content (AvgIpc) is 1.99. The van der Waals surface area contributed by atoms with Crippen molar-refractivity contribution in [3.63, 3.8) is 0 Å². The molecule has 0 radical (unpaired) electrons. The molecule has 0 aromatic heterocycles. The maximum absolute atomic E-state index is 11.9. The largest absolute Gasteiger partial charge is 0.405 e. The molecular formula is C9H15F3OSi. The van der Waals surface area contributed by atoms with Crippen LogP contribution >= 0.6 is 0 Å². The Morgan fingerprint density at radius 2 is 1.86 bits per heavy atom. The maximum Gasteiger partial charge on any atom is 0.388 e. The van der Waals surface area contributed by atoms with E-state index in [4.69, 9.17) is 10.8 Å². The summed E-state index contributed by atoms with van der Waals surface area (Å²) in [5.74, 6) is 2.40. The zero-order valence-corrected chi connectivity index (χ0v) is 9.77. The van der Waals surface area contributed by atoms with Crippen molar-refractivity contribution in [1.29, 1.82) is 0 Å². The second-order valence-electron chi connectivity index (χ2n) is 3.74. The van der Waals surface area contributed by atoms with Gasteiger partial charge in [0.2, 0.25) is 0 Å². The third-order valence-electron chi connectivity index (χ3n) is 1.68. The molecule has 82 valence electrons. The summed E-state index contributed by atoms with van der Waals surface area (Å²) in [4.78, 5) is 0. The Morgan fingerprint density at radius 3 is 2.21 bits per heavy atom. The maximum atomic E-state index is 11.9. The zero-order valence-electron chi connectivity index (χ0n) is 8.61. The minimum atomic E-state index is -4.09. The predicted octanol–water partition coefficient (Wildman–Crippen LogP) is 2.72. The van der Waals surface area contributed by atoms with E-state index in [0.29, 0.717) is 0 Å². The fraction of sp³-hybridized carbons (Fsp3) is 0.778. The van der Waals surface area contributed by atoms with Crippen LogP contribution in [0.2, 0.25) is 12.6 Å². The lowest BCUT2D eigenvalue weighted by molar-refractivity contribution is -0.131. The van der Waals surface area contributed by atoms with Crippen LogP contribution in [0.5, 0.6) is 0 Å². The number of terminal acetylenes is 1. The van der Waals surface area contributed by atoms with Gasteiger partial charge in [-0.25, -0.2) is 0 Å². The van der Waals surface area contributed by atoms with E-state index < -0.39 is 27.2 Å². The van der Waals surface area contributed by atoms with Crippen molar-refractivity contribution in [2.75, 3.05) is 0 Å². The van der Waals surface area contributed by atoms with Crippen LogP contribution in [0.3, 0.4) is 0 Å². The first-order valence-corrected chi connectivity index (χ1v) is 6.83. The van der Waals surface area contributed by atoms with Gasteiger partial charge < -0.3 is 4.43 Å². The van der Waals surface area contributed by atoms with E-state index in [0.717, 1.165) is 0 Å². The Labute approximate surface area is 84.4 Å². The number of halogens is 3. The van der Waals surface area contributed by atoms with Gasteiger partial charge in [-0.3, -0.25) is 0 Å². The Morgan fingerprint density at radius 1 is 1.36 bits per heavy atom. The Bertz CT molecular complexity index is 217. The fourth-order valence-electron chi connectivity index (χ4n) is 0.963. The van der Waals surface area contributed by atoms with E-state index in [2.05, 4.69) is 5.92 Å². The highest BCUT2D eigenvalue weighted by molar-refractivity contribution is 6.50. The lowest BCUT2D eigenvalue weighted by Gasteiger charge is -2.24. The van der Waals surface area contributed by atoms with Gasteiger partial charge in [-0.05, 0) is 26.4 Å². The smallest absolute Gasteiger partial charge is 0.388 e. The molecule has 14 heavy (non-hydrogen) atoms. The van der Waals surface area contributed by atoms with Crippen LogP contribution < -0.4 is 0 Å². The van der Waals surface area contributed by atoms with Crippen molar-refractivity contribution in [2.24, 2.45) is 0 Å². The van der Waals surface area contributed by atoms with E-state index in [-0.39, 0.29) is 6.04 Å². The molecule has 0 bridgehead atoms. The number of hydrogen-bond donors (Lipinski definition) is 0. The predicted molar refractivity (Wildman–Crippen MR) is 52.5 cm³/mol. The number of rotatable bonds is 4. The standard InChI is InChI=1S/C9H15F3OSi/c1-5-8(2,3)13-14(4)7-6-9(10,11)12/h1,14H,6-7H2,2-4H3. The summed E-state index contributed by atoms with van der Waals surface area (Å²) in [5.41, 5.74) is -0.739. The number of hydrogen-bond acceptors (Lipinski definition) is 1. The third kappa shape index (κ3) is 6.98. The SMILES string of the molecule is C#CC(C)(C)O[SiH](C)CCC(F)(F)F. The molecule has 5 heteroatoms. The first-order valence-electron chi connectivity index (χ1n) is 4.38. The van der Waals surface area contributed by atoms with Gasteiger partial charge in [-0.1, -0.05) is 5.92 Å². The summed E-state index contributed by atoms with van der Waals surface area (Å²) >= 11 is 0. The first-order chi connectivity index (χ1) is 6.16. The molecule has 0 aliphatic carbocycles. The minimum Gasteiger partial charge on any atom is -0.405 e. The molecule has 0 heterocycles. The van der Waals surface area contributed by atoms with Gasteiger partial charge in [0, 0.05) is 6.42 Å². The van der Waals surface area contributed by atoms with Crippen LogP contribution in [0, 0.1) is 12.3 Å². The second-order valence-corrected chi connectivity index (χ2v) is 6.17. The monoisotopic (exact) mass is 224 g/mol. The molecule has 0 fully saturated rings. The normalized spacial score (nSPS) is 14.9. The van der Waals surface area contributed by atoms with Crippen LogP contribution in [0.1, 0.15) is 20.3 Å². The van der Waals surface area contributed by atoms with E-state index in [1.165, 1.54) is 0 Å². The van der Waals surface area contributed by atoms with E-state index >= 15 is 0 Å². The molecule has 0 aromatic carbocycles. The van der Waals surface area contributed by atoms with Gasteiger partial charge in [-0.15, -0.1) is 6.42 Å². The number of alkyl halides is 3. The van der Waals surface area contributed by atoms with Crippen molar-refractivity contribution in [3.05, 3.63) is 0 Å². The van der Waals surface area contributed by atoms with Crippen LogP contribution in [-0.4, -0.2) is 20.8 Å². The van der Waals surface area contributed by atoms with Crippen molar-refractivity contribution >= 4 is 9.04 Å². The highest BCUT2D eigenvalue weighted by Gasteiger charge is 2.29. The zero-order chi connectivity index (χ0) is 11.4. The third-order valence-corrected chi connectivity index (χ3v) is 3.77. The molecule has 0 aliphatic heterocycles. The van der Waals surface area contributed by atoms with Gasteiger partial charge in [0.05, 0.1) is 0 Å². The van der Waals surface area contributed by atoms with E-state index in [1.807, 2.05) is 0 Å². The highest BCUT2D eigenvalue weighted by Crippen LogP contribution is 2.24. The van der Waals surface area contributed by atoms with Crippen LogP contribution in [0.15, 0.2) is 0 Å². The van der Waals surface area contributed by atoms with Crippen molar-refractivity contribution in [2.45, 2.75) is 44.6 Å². The second kappa shape index (κ2) is 4.85. The molecule has 0 aliphatic rings. The molecule has 1 atom stereocenters. The summed E-state index contributed by atoms with van der Waals surface area (Å²) < 4.78 is 41.0. The summed E-state index contributed by atoms with van der Waals surface area (Å²) in [5, 5.41) is 0. The molecule has 0 spiro atoms. The molecule has 1 unspecified atom stereocenters. The average molecular weight is 224 g/mol. The van der Waals surface area contributed by atoms with Crippen LogP contribution in [0.4, 0.5) is 13.2 Å². The molecule has 0 aromatic rings. The fourth-order valence-corrected chi connectivity index (χ4v) is 2.89. The molecule has 0 saturated carbocycles. The Hall–Kier alpha value is -0.473. The molecule has 0 rings (SSSR count). The summed E-state index contributed by atoms with van der Waals surface area (Å²) in [7, 11) is -1.81. The van der Waals surface area contributed by atoms with Gasteiger partial charge in [0.25, 0.3) is 0 Å². The van der Waals surface area contributed by atoms with Crippen molar-refractivity contribution in [1.82, 2.24) is 0 Å². The lowest BCUT2D eigenvalue weighted by atomic mass is 10.2. The van der Waals surface area contributed by atoms with E-state index in [1.54, 1.807) is 20.4 Å². The molecule has 0 saturated heterocycles.